The molecule has 2 aromatic rings. The number of hydrogen-bond acceptors (Lipinski definition) is 3. The highest BCUT2D eigenvalue weighted by Crippen LogP contribution is 2.22. The Kier molecular flexibility index (Phi) is 6.19. The highest BCUT2D eigenvalue weighted by molar-refractivity contribution is 5.99. The summed E-state index contributed by atoms with van der Waals surface area (Å²) in [6.45, 7) is 12.3. The zero-order chi connectivity index (χ0) is 19.3. The average Bonchev–Trinajstić information content (AvgIpc) is 2.56. The summed E-state index contributed by atoms with van der Waals surface area (Å²) in [5, 5.41) is 4.17. The van der Waals surface area contributed by atoms with E-state index in [0.29, 0.717) is 5.75 Å². The Morgan fingerprint density at radius 1 is 1.04 bits per heavy atom. The molecule has 0 spiro atoms. The highest BCUT2D eigenvalue weighted by atomic mass is 16.5. The van der Waals surface area contributed by atoms with Gasteiger partial charge in [-0.05, 0) is 60.6 Å². The molecule has 1 N–H and O–H groups in total. The molecular formula is C22H28N2O2. The fraction of sp³-hybridized carbons (Fsp3) is 0.364. The number of rotatable bonds is 5. The standard InChI is InChI=1S/C22H28N2O2/c1-15-11-16(2)13-20(12-15)26-14-21(25)24-23-17(3)18-7-9-19(10-8-18)22(4,5)6/h7-13H,14H2,1-6H3,(H,24,25)/b23-17-. The third-order valence-corrected chi connectivity index (χ3v) is 4.08. The summed E-state index contributed by atoms with van der Waals surface area (Å²) in [5.74, 6) is 0.408. The number of ether oxygens (including phenoxy) is 1. The molecule has 2 rings (SSSR count). The van der Waals surface area contributed by atoms with E-state index in [4.69, 9.17) is 4.74 Å². The smallest absolute Gasteiger partial charge is 0.277 e. The van der Waals surface area contributed by atoms with E-state index in [1.807, 2.05) is 45.0 Å². The summed E-state index contributed by atoms with van der Waals surface area (Å²) in [5.41, 5.74) is 7.87. The number of aryl methyl sites for hydroxylation is 2. The van der Waals surface area contributed by atoms with Crippen LogP contribution >= 0.6 is 0 Å². The van der Waals surface area contributed by atoms with Crippen molar-refractivity contribution in [2.45, 2.75) is 47.0 Å². The van der Waals surface area contributed by atoms with Crippen LogP contribution in [0.3, 0.4) is 0 Å². The van der Waals surface area contributed by atoms with E-state index in [9.17, 15) is 4.79 Å². The van der Waals surface area contributed by atoms with Crippen molar-refractivity contribution < 1.29 is 9.53 Å². The SMILES string of the molecule is C/C(=N/NC(=O)COc1cc(C)cc(C)c1)c1ccc(C(C)(C)C)cc1. The molecule has 0 fully saturated rings. The molecule has 0 unspecified atom stereocenters. The third kappa shape index (κ3) is 5.73. The fourth-order valence-corrected chi connectivity index (χ4v) is 2.62. The van der Waals surface area contributed by atoms with Crippen molar-refractivity contribution in [1.82, 2.24) is 5.43 Å². The zero-order valence-corrected chi connectivity index (χ0v) is 16.5. The monoisotopic (exact) mass is 352 g/mol. The molecule has 0 saturated carbocycles. The minimum absolute atomic E-state index is 0.0668. The summed E-state index contributed by atoms with van der Waals surface area (Å²) < 4.78 is 5.54. The summed E-state index contributed by atoms with van der Waals surface area (Å²) in [6, 6.07) is 14.1. The molecule has 4 nitrogen and oxygen atoms in total. The molecule has 2 aromatic carbocycles. The van der Waals surface area contributed by atoms with Crippen molar-refractivity contribution in [2.75, 3.05) is 6.61 Å². The van der Waals surface area contributed by atoms with E-state index in [1.165, 1.54) is 5.56 Å². The lowest BCUT2D eigenvalue weighted by molar-refractivity contribution is -0.123. The molecular weight excluding hydrogens is 324 g/mol. The van der Waals surface area contributed by atoms with Gasteiger partial charge in [0.1, 0.15) is 5.75 Å². The van der Waals surface area contributed by atoms with Crippen molar-refractivity contribution in [3.8, 4) is 5.75 Å². The van der Waals surface area contributed by atoms with Crippen LogP contribution in [0.4, 0.5) is 0 Å². The van der Waals surface area contributed by atoms with Gasteiger partial charge in [-0.25, -0.2) is 5.43 Å². The van der Waals surface area contributed by atoms with Crippen molar-refractivity contribution in [3.63, 3.8) is 0 Å². The van der Waals surface area contributed by atoms with Crippen molar-refractivity contribution in [1.29, 1.82) is 0 Å². The molecule has 138 valence electrons. The second-order valence-electron chi connectivity index (χ2n) is 7.67. The van der Waals surface area contributed by atoms with Gasteiger partial charge in [0.2, 0.25) is 0 Å². The Hall–Kier alpha value is -2.62. The van der Waals surface area contributed by atoms with Gasteiger partial charge >= 0.3 is 0 Å². The molecule has 26 heavy (non-hydrogen) atoms. The van der Waals surface area contributed by atoms with E-state index < -0.39 is 0 Å². The van der Waals surface area contributed by atoms with Crippen LogP contribution in [0.15, 0.2) is 47.6 Å². The van der Waals surface area contributed by atoms with Gasteiger partial charge in [0.25, 0.3) is 5.91 Å². The van der Waals surface area contributed by atoms with Gasteiger partial charge in [-0.3, -0.25) is 4.79 Å². The second-order valence-corrected chi connectivity index (χ2v) is 7.67. The third-order valence-electron chi connectivity index (χ3n) is 4.08. The number of benzene rings is 2. The number of nitrogens with zero attached hydrogens (tertiary/aromatic N) is 1. The molecule has 0 aromatic heterocycles. The van der Waals surface area contributed by atoms with Gasteiger partial charge in [-0.1, -0.05) is 51.1 Å². The first-order valence-corrected chi connectivity index (χ1v) is 8.80. The first-order valence-electron chi connectivity index (χ1n) is 8.80. The lowest BCUT2D eigenvalue weighted by Crippen LogP contribution is -2.25. The summed E-state index contributed by atoms with van der Waals surface area (Å²) in [7, 11) is 0. The predicted octanol–water partition coefficient (Wildman–Crippen LogP) is 4.52. The van der Waals surface area contributed by atoms with Crippen LogP contribution in [-0.4, -0.2) is 18.2 Å². The van der Waals surface area contributed by atoms with Gasteiger partial charge in [0, 0.05) is 0 Å². The second kappa shape index (κ2) is 8.17. The Labute approximate surface area is 156 Å². The normalized spacial score (nSPS) is 12.0. The van der Waals surface area contributed by atoms with Crippen LogP contribution in [0.25, 0.3) is 0 Å². The van der Waals surface area contributed by atoms with Gasteiger partial charge in [0.05, 0.1) is 5.71 Å². The maximum Gasteiger partial charge on any atom is 0.277 e. The minimum Gasteiger partial charge on any atom is -0.484 e. The Balaban J connectivity index is 1.92. The van der Waals surface area contributed by atoms with Crippen molar-refractivity contribution in [3.05, 3.63) is 64.7 Å². The first-order chi connectivity index (χ1) is 12.1. The van der Waals surface area contributed by atoms with Gasteiger partial charge < -0.3 is 4.74 Å². The number of hydrogen-bond donors (Lipinski definition) is 1. The number of hydrazone groups is 1. The van der Waals surface area contributed by atoms with E-state index in [2.05, 4.69) is 49.5 Å². The van der Waals surface area contributed by atoms with E-state index in [1.54, 1.807) is 0 Å². The Bertz CT molecular complexity index is 780. The lowest BCUT2D eigenvalue weighted by Gasteiger charge is -2.19. The molecule has 0 aliphatic heterocycles. The minimum atomic E-state index is -0.283. The van der Waals surface area contributed by atoms with Crippen molar-refractivity contribution >= 4 is 11.6 Å². The number of amides is 1. The number of carbonyl (C=O) groups is 1. The van der Waals surface area contributed by atoms with Crippen LogP contribution in [0.5, 0.6) is 5.75 Å². The van der Waals surface area contributed by atoms with E-state index in [0.717, 1.165) is 22.4 Å². The molecule has 0 radical (unpaired) electrons. The number of carbonyl (C=O) groups excluding carboxylic acids is 1. The summed E-state index contributed by atoms with van der Waals surface area (Å²) >= 11 is 0. The van der Waals surface area contributed by atoms with E-state index >= 15 is 0 Å². The van der Waals surface area contributed by atoms with E-state index in [-0.39, 0.29) is 17.9 Å². The van der Waals surface area contributed by atoms with Crippen LogP contribution in [0.1, 0.15) is 49.9 Å². The van der Waals surface area contributed by atoms with Crippen LogP contribution in [-0.2, 0) is 10.2 Å². The van der Waals surface area contributed by atoms with Crippen LogP contribution in [0.2, 0.25) is 0 Å². The van der Waals surface area contributed by atoms with Crippen LogP contribution in [0, 0.1) is 13.8 Å². The highest BCUT2D eigenvalue weighted by Gasteiger charge is 2.13. The van der Waals surface area contributed by atoms with Crippen molar-refractivity contribution in [2.24, 2.45) is 5.10 Å². The summed E-state index contributed by atoms with van der Waals surface area (Å²) in [4.78, 5) is 12.0. The maximum atomic E-state index is 12.0. The average molecular weight is 352 g/mol. The predicted molar refractivity (Wildman–Crippen MR) is 107 cm³/mol. The molecule has 0 aliphatic carbocycles. The fourth-order valence-electron chi connectivity index (χ4n) is 2.62. The summed E-state index contributed by atoms with van der Waals surface area (Å²) in [6.07, 6.45) is 0. The topological polar surface area (TPSA) is 50.7 Å². The van der Waals surface area contributed by atoms with Crippen LogP contribution < -0.4 is 10.2 Å². The van der Waals surface area contributed by atoms with Gasteiger partial charge in [-0.15, -0.1) is 0 Å². The largest absolute Gasteiger partial charge is 0.484 e. The molecule has 1 amide bonds. The molecule has 4 heteroatoms. The quantitative estimate of drug-likeness (QED) is 0.635. The Morgan fingerprint density at radius 3 is 2.15 bits per heavy atom. The van der Waals surface area contributed by atoms with Gasteiger partial charge in [-0.2, -0.15) is 5.10 Å². The van der Waals surface area contributed by atoms with Gasteiger partial charge in [0.15, 0.2) is 6.61 Å². The lowest BCUT2D eigenvalue weighted by atomic mass is 9.86. The first kappa shape index (κ1) is 19.7. The molecule has 0 heterocycles. The molecule has 0 aliphatic rings. The molecule has 0 saturated heterocycles. The zero-order valence-electron chi connectivity index (χ0n) is 16.5. The Morgan fingerprint density at radius 2 is 1.62 bits per heavy atom. The number of nitrogens with one attached hydrogen (secondary N) is 1. The molecule has 0 bridgehead atoms. The maximum absolute atomic E-state index is 12.0. The molecule has 0 atom stereocenters.